The number of carbonyl (C=O) groups is 1. The second-order valence-electron chi connectivity index (χ2n) is 6.76. The first kappa shape index (κ1) is 17.1. The molecule has 0 spiro atoms. The zero-order chi connectivity index (χ0) is 16.8. The van der Waals surface area contributed by atoms with Crippen LogP contribution in [-0.4, -0.2) is 56.7 Å². The van der Waals surface area contributed by atoms with Gasteiger partial charge in [0, 0.05) is 32.7 Å². The van der Waals surface area contributed by atoms with Crippen molar-refractivity contribution in [2.75, 3.05) is 55.6 Å². The Hall–Kier alpha value is -1.75. The predicted octanol–water partition coefficient (Wildman–Crippen LogP) is 2.92. The highest BCUT2D eigenvalue weighted by molar-refractivity contribution is 5.96. The summed E-state index contributed by atoms with van der Waals surface area (Å²) in [5.41, 5.74) is 2.23. The fourth-order valence-corrected chi connectivity index (χ4v) is 3.64. The third-order valence-corrected chi connectivity index (χ3v) is 5.01. The Labute approximate surface area is 145 Å². The standard InChI is InChI=1S/C19H30N4O/c1-2-10-20-19(24)23-16-15-22(17-8-4-5-9-18(17)23)14-13-21-11-6-3-7-12-21/h4-5,8-9H,2-3,6-7,10-16H2,1H3,(H,20,24). The van der Waals surface area contributed by atoms with Crippen molar-refractivity contribution in [1.82, 2.24) is 10.2 Å². The highest BCUT2D eigenvalue weighted by Gasteiger charge is 2.26. The van der Waals surface area contributed by atoms with Crippen molar-refractivity contribution in [3.8, 4) is 0 Å². The lowest BCUT2D eigenvalue weighted by Crippen LogP contribution is -2.49. The van der Waals surface area contributed by atoms with E-state index in [9.17, 15) is 4.79 Å². The zero-order valence-electron chi connectivity index (χ0n) is 14.8. The quantitative estimate of drug-likeness (QED) is 0.902. The maximum atomic E-state index is 12.4. The lowest BCUT2D eigenvalue weighted by atomic mass is 10.1. The van der Waals surface area contributed by atoms with Gasteiger partial charge in [0.05, 0.1) is 11.4 Å². The van der Waals surface area contributed by atoms with E-state index in [1.165, 1.54) is 38.0 Å². The van der Waals surface area contributed by atoms with Crippen LogP contribution in [0, 0.1) is 0 Å². The average molecular weight is 330 g/mol. The van der Waals surface area contributed by atoms with Gasteiger partial charge in [-0.2, -0.15) is 0 Å². The molecular formula is C19H30N4O. The van der Waals surface area contributed by atoms with E-state index in [2.05, 4.69) is 40.2 Å². The van der Waals surface area contributed by atoms with Crippen LogP contribution < -0.4 is 15.1 Å². The number of benzene rings is 1. The van der Waals surface area contributed by atoms with Crippen LogP contribution in [-0.2, 0) is 0 Å². The Balaban J connectivity index is 1.65. The molecule has 1 N–H and O–H groups in total. The molecule has 5 nitrogen and oxygen atoms in total. The van der Waals surface area contributed by atoms with Gasteiger partial charge in [0.25, 0.3) is 0 Å². The first-order chi connectivity index (χ1) is 11.8. The lowest BCUT2D eigenvalue weighted by Gasteiger charge is -2.39. The van der Waals surface area contributed by atoms with Crippen LogP contribution in [0.25, 0.3) is 0 Å². The summed E-state index contributed by atoms with van der Waals surface area (Å²) in [6, 6.07) is 8.33. The van der Waals surface area contributed by atoms with Gasteiger partial charge < -0.3 is 15.1 Å². The van der Waals surface area contributed by atoms with E-state index in [0.717, 1.165) is 44.8 Å². The van der Waals surface area contributed by atoms with Gasteiger partial charge in [0.1, 0.15) is 0 Å². The lowest BCUT2D eigenvalue weighted by molar-refractivity contribution is 0.233. The number of fused-ring (bicyclic) bond motifs is 1. The van der Waals surface area contributed by atoms with Crippen molar-refractivity contribution in [3.63, 3.8) is 0 Å². The van der Waals surface area contributed by atoms with Crippen LogP contribution in [0.5, 0.6) is 0 Å². The number of para-hydroxylation sites is 2. The minimum Gasteiger partial charge on any atom is -0.367 e. The number of anilines is 2. The van der Waals surface area contributed by atoms with Gasteiger partial charge in [-0.15, -0.1) is 0 Å². The number of nitrogens with one attached hydrogen (secondary N) is 1. The molecule has 1 fully saturated rings. The molecule has 132 valence electrons. The number of carbonyl (C=O) groups excluding carboxylic acids is 1. The Morgan fingerprint density at radius 3 is 2.50 bits per heavy atom. The third-order valence-electron chi connectivity index (χ3n) is 5.01. The van der Waals surface area contributed by atoms with Crippen molar-refractivity contribution in [2.24, 2.45) is 0 Å². The molecule has 5 heteroatoms. The number of hydrogen-bond acceptors (Lipinski definition) is 3. The second kappa shape index (κ2) is 8.38. The van der Waals surface area contributed by atoms with Gasteiger partial charge >= 0.3 is 6.03 Å². The Bertz CT molecular complexity index is 542. The van der Waals surface area contributed by atoms with Crippen LogP contribution in [0.3, 0.4) is 0 Å². The van der Waals surface area contributed by atoms with Gasteiger partial charge in [-0.05, 0) is 44.5 Å². The fraction of sp³-hybridized carbons (Fsp3) is 0.632. The van der Waals surface area contributed by atoms with E-state index in [0.29, 0.717) is 0 Å². The topological polar surface area (TPSA) is 38.8 Å². The number of piperidine rings is 1. The van der Waals surface area contributed by atoms with Crippen LogP contribution in [0.2, 0.25) is 0 Å². The monoisotopic (exact) mass is 330 g/mol. The Morgan fingerprint density at radius 1 is 1.00 bits per heavy atom. The highest BCUT2D eigenvalue weighted by atomic mass is 16.2. The average Bonchev–Trinajstić information content (AvgIpc) is 2.65. The normalized spacial score (nSPS) is 18.4. The molecule has 2 amide bonds. The van der Waals surface area contributed by atoms with Crippen molar-refractivity contribution >= 4 is 17.4 Å². The van der Waals surface area contributed by atoms with E-state index in [-0.39, 0.29) is 6.03 Å². The number of nitrogens with zero attached hydrogens (tertiary/aromatic N) is 3. The van der Waals surface area contributed by atoms with Crippen LogP contribution in [0.4, 0.5) is 16.2 Å². The second-order valence-corrected chi connectivity index (χ2v) is 6.76. The third kappa shape index (κ3) is 4.01. The molecule has 0 saturated carbocycles. The van der Waals surface area contributed by atoms with Crippen LogP contribution in [0.15, 0.2) is 24.3 Å². The number of amides is 2. The molecule has 1 saturated heterocycles. The van der Waals surface area contributed by atoms with Gasteiger partial charge in [-0.25, -0.2) is 4.79 Å². The highest BCUT2D eigenvalue weighted by Crippen LogP contribution is 2.32. The van der Waals surface area contributed by atoms with E-state index in [1.807, 2.05) is 11.0 Å². The molecule has 0 aromatic heterocycles. The van der Waals surface area contributed by atoms with Gasteiger partial charge in [0.2, 0.25) is 0 Å². The van der Waals surface area contributed by atoms with Gasteiger partial charge in [0.15, 0.2) is 0 Å². The first-order valence-electron chi connectivity index (χ1n) is 9.41. The zero-order valence-corrected chi connectivity index (χ0v) is 14.8. The molecule has 2 heterocycles. The molecule has 0 radical (unpaired) electrons. The van der Waals surface area contributed by atoms with Gasteiger partial charge in [-0.3, -0.25) is 4.90 Å². The van der Waals surface area contributed by atoms with E-state index >= 15 is 0 Å². The smallest absolute Gasteiger partial charge is 0.322 e. The molecular weight excluding hydrogens is 300 g/mol. The van der Waals surface area contributed by atoms with E-state index in [1.54, 1.807) is 0 Å². The van der Waals surface area contributed by atoms with Gasteiger partial charge in [-0.1, -0.05) is 25.5 Å². The Morgan fingerprint density at radius 2 is 1.75 bits per heavy atom. The molecule has 0 atom stereocenters. The fourth-order valence-electron chi connectivity index (χ4n) is 3.64. The van der Waals surface area contributed by atoms with Crippen molar-refractivity contribution < 1.29 is 4.79 Å². The number of hydrogen-bond donors (Lipinski definition) is 1. The number of urea groups is 1. The van der Waals surface area contributed by atoms with Crippen molar-refractivity contribution in [1.29, 1.82) is 0 Å². The summed E-state index contributed by atoms with van der Waals surface area (Å²) >= 11 is 0. The summed E-state index contributed by atoms with van der Waals surface area (Å²) in [5, 5.41) is 3.00. The molecule has 0 unspecified atom stereocenters. The molecule has 1 aromatic rings. The van der Waals surface area contributed by atoms with E-state index < -0.39 is 0 Å². The van der Waals surface area contributed by atoms with Crippen LogP contribution >= 0.6 is 0 Å². The molecule has 3 rings (SSSR count). The SMILES string of the molecule is CCCNC(=O)N1CCN(CCN2CCCCC2)c2ccccc21. The number of likely N-dealkylation sites (tertiary alicyclic amines) is 1. The molecule has 0 bridgehead atoms. The summed E-state index contributed by atoms with van der Waals surface area (Å²) in [5.74, 6) is 0. The molecule has 1 aromatic carbocycles. The minimum atomic E-state index is 0.0278. The summed E-state index contributed by atoms with van der Waals surface area (Å²) in [6.07, 6.45) is 5.01. The molecule has 24 heavy (non-hydrogen) atoms. The maximum absolute atomic E-state index is 12.4. The largest absolute Gasteiger partial charge is 0.367 e. The van der Waals surface area contributed by atoms with E-state index in [4.69, 9.17) is 0 Å². The minimum absolute atomic E-state index is 0.0278. The summed E-state index contributed by atoms with van der Waals surface area (Å²) in [4.78, 5) is 19.3. The summed E-state index contributed by atoms with van der Waals surface area (Å²) in [6.45, 7) is 9.11. The maximum Gasteiger partial charge on any atom is 0.322 e. The number of rotatable bonds is 5. The molecule has 0 aliphatic carbocycles. The van der Waals surface area contributed by atoms with Crippen LogP contribution in [0.1, 0.15) is 32.6 Å². The molecule has 2 aliphatic heterocycles. The van der Waals surface area contributed by atoms with Crippen molar-refractivity contribution in [2.45, 2.75) is 32.6 Å². The Kier molecular flexibility index (Phi) is 5.96. The molecule has 2 aliphatic rings. The van der Waals surface area contributed by atoms with Crippen molar-refractivity contribution in [3.05, 3.63) is 24.3 Å². The summed E-state index contributed by atoms with van der Waals surface area (Å²) in [7, 11) is 0. The first-order valence-corrected chi connectivity index (χ1v) is 9.41. The summed E-state index contributed by atoms with van der Waals surface area (Å²) < 4.78 is 0. The predicted molar refractivity (Wildman–Crippen MR) is 100.0 cm³/mol.